The highest BCUT2D eigenvalue weighted by molar-refractivity contribution is 6.02. The van der Waals surface area contributed by atoms with Crippen LogP contribution >= 0.6 is 0 Å². The molecular weight excluding hydrogens is 482 g/mol. The van der Waals surface area contributed by atoms with Crippen molar-refractivity contribution in [2.75, 3.05) is 13.7 Å². The number of alkyl carbamates (subject to hydrolysis) is 1. The topological polar surface area (TPSA) is 101 Å². The Kier molecular flexibility index (Phi) is 6.64. The molecule has 9 heteroatoms. The maximum absolute atomic E-state index is 14.7. The fourth-order valence-corrected chi connectivity index (χ4v) is 4.47. The first-order chi connectivity index (χ1) is 17.5. The van der Waals surface area contributed by atoms with Crippen molar-refractivity contribution in [3.8, 4) is 22.6 Å². The number of aromatic hydroxyl groups is 1. The number of carboxylic acids is 1. The Morgan fingerprint density at radius 1 is 1.03 bits per heavy atom. The first kappa shape index (κ1) is 25.7. The number of aromatic carboxylic acids is 1. The van der Waals surface area contributed by atoms with Gasteiger partial charge in [0.15, 0.2) is 11.6 Å². The number of amides is 1. The lowest BCUT2D eigenvalue weighted by Gasteiger charge is -2.28. The van der Waals surface area contributed by atoms with Crippen LogP contribution < -0.4 is 5.32 Å². The lowest BCUT2D eigenvalue weighted by molar-refractivity contribution is 0.0696. The second-order valence-corrected chi connectivity index (χ2v) is 9.38. The number of nitrogens with zero attached hydrogens (tertiary/aromatic N) is 1. The van der Waals surface area contributed by atoms with Crippen LogP contribution in [0.5, 0.6) is 5.75 Å². The van der Waals surface area contributed by atoms with Crippen molar-refractivity contribution in [3.05, 3.63) is 83.1 Å². The summed E-state index contributed by atoms with van der Waals surface area (Å²) in [6.45, 7) is 5.17. The van der Waals surface area contributed by atoms with Crippen molar-refractivity contribution >= 4 is 23.0 Å². The highest BCUT2D eigenvalue weighted by Gasteiger charge is 2.34. The molecule has 37 heavy (non-hydrogen) atoms. The molecule has 0 atom stereocenters. The maximum Gasteiger partial charge on any atom is 0.406 e. The summed E-state index contributed by atoms with van der Waals surface area (Å²) in [5.74, 6) is -2.95. The Hall–Kier alpha value is -4.40. The molecule has 0 aliphatic carbocycles. The van der Waals surface area contributed by atoms with E-state index >= 15 is 0 Å². The van der Waals surface area contributed by atoms with Gasteiger partial charge < -0.3 is 24.8 Å². The average molecular weight is 509 g/mol. The largest absolute Gasteiger partial charge is 0.503 e. The molecule has 1 amide bonds. The van der Waals surface area contributed by atoms with E-state index in [0.717, 1.165) is 6.07 Å². The monoisotopic (exact) mass is 508 g/mol. The second kappa shape index (κ2) is 9.57. The van der Waals surface area contributed by atoms with Crippen LogP contribution in [0.25, 0.3) is 27.7 Å². The Morgan fingerprint density at radius 2 is 1.68 bits per heavy atom. The summed E-state index contributed by atoms with van der Waals surface area (Å²) < 4.78 is 35.9. The molecule has 7 nitrogen and oxygen atoms in total. The summed E-state index contributed by atoms with van der Waals surface area (Å²) in [5.41, 5.74) is 1.85. The van der Waals surface area contributed by atoms with Gasteiger partial charge in [0.2, 0.25) is 0 Å². The number of hydrogen-bond acceptors (Lipinski definition) is 4. The van der Waals surface area contributed by atoms with Crippen LogP contribution in [0.3, 0.4) is 0 Å². The first-order valence-corrected chi connectivity index (χ1v) is 11.5. The predicted molar refractivity (Wildman–Crippen MR) is 135 cm³/mol. The van der Waals surface area contributed by atoms with E-state index in [2.05, 4.69) is 5.32 Å². The third-order valence-corrected chi connectivity index (χ3v) is 6.28. The van der Waals surface area contributed by atoms with Gasteiger partial charge in [-0.2, -0.15) is 0 Å². The number of phenols is 1. The molecule has 0 spiro atoms. The molecule has 0 aliphatic rings. The van der Waals surface area contributed by atoms with Crippen molar-refractivity contribution in [2.24, 2.45) is 0 Å². The van der Waals surface area contributed by atoms with E-state index in [9.17, 15) is 28.6 Å². The number of aryl methyl sites for hydroxylation is 1. The number of rotatable bonds is 6. The van der Waals surface area contributed by atoms with Crippen LogP contribution in [0.15, 0.2) is 54.6 Å². The zero-order chi connectivity index (χ0) is 27.1. The number of ether oxygens (including phenoxy) is 1. The summed E-state index contributed by atoms with van der Waals surface area (Å²) in [7, 11) is 1.43. The zero-order valence-corrected chi connectivity index (χ0v) is 20.7. The van der Waals surface area contributed by atoms with Gasteiger partial charge >= 0.3 is 12.1 Å². The average Bonchev–Trinajstić information content (AvgIpc) is 3.23. The standard InChI is InChI=1S/C28H26F2N2O5/c1-15-13-17(7-11-20(15)29)22-19-10-12-21(30)24(33)23(19)32(18-8-5-16(6-9-18)26(34)35)25(22)28(2,3)14-37-27(36)31-4/h5-13,33H,14H2,1-4H3,(H,31,36)(H,34,35). The zero-order valence-electron chi connectivity index (χ0n) is 20.7. The fraction of sp³-hybridized carbons (Fsp3) is 0.214. The number of benzene rings is 3. The molecule has 0 aliphatic heterocycles. The Morgan fingerprint density at radius 3 is 2.27 bits per heavy atom. The van der Waals surface area contributed by atoms with Crippen molar-refractivity contribution in [3.63, 3.8) is 0 Å². The third kappa shape index (κ3) is 4.60. The lowest BCUT2D eigenvalue weighted by Crippen LogP contribution is -2.32. The van der Waals surface area contributed by atoms with Crippen LogP contribution in [0, 0.1) is 18.6 Å². The quantitative estimate of drug-likeness (QED) is 0.300. The minimum atomic E-state index is -1.11. The molecule has 0 fully saturated rings. The highest BCUT2D eigenvalue weighted by Crippen LogP contribution is 2.46. The van der Waals surface area contributed by atoms with E-state index in [1.165, 1.54) is 31.3 Å². The van der Waals surface area contributed by atoms with Gasteiger partial charge in [0.1, 0.15) is 12.4 Å². The molecule has 0 bridgehead atoms. The molecule has 3 aromatic carbocycles. The van der Waals surface area contributed by atoms with E-state index in [1.54, 1.807) is 35.8 Å². The number of carbonyl (C=O) groups excluding carboxylic acids is 1. The maximum atomic E-state index is 14.7. The van der Waals surface area contributed by atoms with Gasteiger partial charge in [0, 0.05) is 34.8 Å². The molecule has 192 valence electrons. The number of carbonyl (C=O) groups is 2. The van der Waals surface area contributed by atoms with Gasteiger partial charge in [0.25, 0.3) is 0 Å². The Bertz CT molecular complexity index is 1520. The molecule has 0 saturated heterocycles. The highest BCUT2D eigenvalue weighted by atomic mass is 19.1. The van der Waals surface area contributed by atoms with Crippen molar-refractivity contribution in [2.45, 2.75) is 26.2 Å². The number of fused-ring (bicyclic) bond motifs is 1. The molecule has 3 N–H and O–H groups in total. The van der Waals surface area contributed by atoms with Gasteiger partial charge in [-0.25, -0.2) is 18.4 Å². The molecule has 0 saturated carbocycles. The van der Waals surface area contributed by atoms with Gasteiger partial charge in [-0.3, -0.25) is 0 Å². The fourth-order valence-electron chi connectivity index (χ4n) is 4.47. The Balaban J connectivity index is 2.14. The van der Waals surface area contributed by atoms with Crippen LogP contribution in [-0.4, -0.2) is 40.5 Å². The van der Waals surface area contributed by atoms with E-state index < -0.39 is 34.9 Å². The molecular formula is C28H26F2N2O5. The summed E-state index contributed by atoms with van der Waals surface area (Å²) in [5, 5.41) is 23.1. The minimum absolute atomic E-state index is 0.0498. The SMILES string of the molecule is CNC(=O)OCC(C)(C)c1c(-c2ccc(F)c(C)c2)c2ccc(F)c(O)c2n1-c1ccc(C(=O)O)cc1. The van der Waals surface area contributed by atoms with Gasteiger partial charge in [-0.1, -0.05) is 19.9 Å². The van der Waals surface area contributed by atoms with Crippen LogP contribution in [-0.2, 0) is 10.2 Å². The Labute approximate surface area is 211 Å². The smallest absolute Gasteiger partial charge is 0.406 e. The summed E-state index contributed by atoms with van der Waals surface area (Å²) in [4.78, 5) is 23.4. The molecule has 1 aromatic heterocycles. The minimum Gasteiger partial charge on any atom is -0.503 e. The lowest BCUT2D eigenvalue weighted by atomic mass is 9.84. The summed E-state index contributed by atoms with van der Waals surface area (Å²) in [6.07, 6.45) is -0.644. The van der Waals surface area contributed by atoms with E-state index in [4.69, 9.17) is 4.74 Å². The number of carboxylic acid groups (broad SMARTS) is 1. The molecule has 0 unspecified atom stereocenters. The number of halogens is 2. The molecule has 0 radical (unpaired) electrons. The van der Waals surface area contributed by atoms with Gasteiger partial charge in [-0.15, -0.1) is 0 Å². The molecule has 4 aromatic rings. The van der Waals surface area contributed by atoms with E-state index in [0.29, 0.717) is 33.5 Å². The summed E-state index contributed by atoms with van der Waals surface area (Å²) in [6, 6.07) is 13.1. The van der Waals surface area contributed by atoms with Crippen LogP contribution in [0.2, 0.25) is 0 Å². The number of nitrogens with one attached hydrogen (secondary N) is 1. The number of aromatic nitrogens is 1. The second-order valence-electron chi connectivity index (χ2n) is 9.38. The summed E-state index contributed by atoms with van der Waals surface area (Å²) >= 11 is 0. The molecule has 4 rings (SSSR count). The predicted octanol–water partition coefficient (Wildman–Crippen LogP) is 5.92. The van der Waals surface area contributed by atoms with Gasteiger partial charge in [-0.05, 0) is 66.6 Å². The van der Waals surface area contributed by atoms with Crippen molar-refractivity contribution in [1.82, 2.24) is 9.88 Å². The van der Waals surface area contributed by atoms with Crippen LogP contribution in [0.1, 0.15) is 35.5 Å². The normalized spacial score (nSPS) is 11.5. The van der Waals surface area contributed by atoms with Crippen molar-refractivity contribution < 1.29 is 33.3 Å². The van der Waals surface area contributed by atoms with Gasteiger partial charge in [0.05, 0.1) is 11.1 Å². The number of phenolic OH excluding ortho intramolecular Hbond substituents is 1. The van der Waals surface area contributed by atoms with E-state index in [1.807, 2.05) is 13.8 Å². The first-order valence-electron chi connectivity index (χ1n) is 11.5. The molecule has 1 heterocycles. The third-order valence-electron chi connectivity index (χ3n) is 6.28. The van der Waals surface area contributed by atoms with Crippen LogP contribution in [0.4, 0.5) is 13.6 Å². The number of hydrogen-bond donors (Lipinski definition) is 3. The van der Waals surface area contributed by atoms with Crippen molar-refractivity contribution in [1.29, 1.82) is 0 Å². The van der Waals surface area contributed by atoms with E-state index in [-0.39, 0.29) is 17.7 Å².